The first-order chi connectivity index (χ1) is 10.6. The Morgan fingerprint density at radius 2 is 1.87 bits per heavy atom. The van der Waals surface area contributed by atoms with Crippen molar-refractivity contribution in [3.8, 4) is 11.5 Å². The van der Waals surface area contributed by atoms with Gasteiger partial charge in [-0.2, -0.15) is 4.98 Å². The van der Waals surface area contributed by atoms with Crippen molar-refractivity contribution >= 4 is 12.4 Å². The van der Waals surface area contributed by atoms with E-state index in [9.17, 15) is 0 Å². The predicted molar refractivity (Wildman–Crippen MR) is 91.2 cm³/mol. The van der Waals surface area contributed by atoms with Crippen LogP contribution in [0.25, 0.3) is 11.5 Å². The van der Waals surface area contributed by atoms with Crippen LogP contribution in [0, 0.1) is 0 Å². The second-order valence-electron chi connectivity index (χ2n) is 6.34. The minimum atomic E-state index is -0.410. The number of ether oxygens (including phenoxy) is 1. The van der Waals surface area contributed by atoms with E-state index in [-0.39, 0.29) is 18.5 Å². The number of halogens is 1. The van der Waals surface area contributed by atoms with Gasteiger partial charge in [-0.05, 0) is 44.4 Å². The van der Waals surface area contributed by atoms with E-state index < -0.39 is 5.54 Å². The van der Waals surface area contributed by atoms with Crippen LogP contribution in [-0.4, -0.2) is 16.2 Å². The molecule has 1 aliphatic carbocycles. The first-order valence-electron chi connectivity index (χ1n) is 7.91. The monoisotopic (exact) mass is 337 g/mol. The van der Waals surface area contributed by atoms with Crippen molar-refractivity contribution in [1.82, 2.24) is 10.1 Å². The average molecular weight is 338 g/mol. The number of hydrogen-bond donors (Lipinski definition) is 1. The lowest BCUT2D eigenvalue weighted by molar-refractivity contribution is 0.0657. The number of rotatable bonds is 5. The summed E-state index contributed by atoms with van der Waals surface area (Å²) in [7, 11) is 0. The molecule has 23 heavy (non-hydrogen) atoms. The van der Waals surface area contributed by atoms with E-state index in [1.54, 1.807) is 0 Å². The van der Waals surface area contributed by atoms with Crippen molar-refractivity contribution in [1.29, 1.82) is 0 Å². The van der Waals surface area contributed by atoms with Crippen LogP contribution in [0.15, 0.2) is 28.8 Å². The van der Waals surface area contributed by atoms with Crippen molar-refractivity contribution in [2.24, 2.45) is 5.73 Å². The van der Waals surface area contributed by atoms with Crippen LogP contribution >= 0.6 is 12.4 Å². The maximum atomic E-state index is 6.36. The van der Waals surface area contributed by atoms with Gasteiger partial charge in [0.1, 0.15) is 0 Å². The summed E-state index contributed by atoms with van der Waals surface area (Å²) in [6.07, 6.45) is 4.34. The first kappa shape index (κ1) is 17.9. The summed E-state index contributed by atoms with van der Waals surface area (Å²) in [6.45, 7) is 4.67. The fraction of sp³-hybridized carbons (Fsp3) is 0.529. The summed E-state index contributed by atoms with van der Waals surface area (Å²) in [5, 5.41) is 4.09. The van der Waals surface area contributed by atoms with Crippen molar-refractivity contribution < 1.29 is 9.26 Å². The number of hydrogen-bond acceptors (Lipinski definition) is 5. The van der Waals surface area contributed by atoms with Gasteiger partial charge in [0.05, 0.1) is 18.2 Å². The molecule has 0 saturated heterocycles. The zero-order chi connectivity index (χ0) is 15.6. The molecule has 0 aliphatic heterocycles. The first-order valence-corrected chi connectivity index (χ1v) is 7.91. The molecule has 2 aromatic rings. The van der Waals surface area contributed by atoms with Crippen molar-refractivity contribution in [2.75, 3.05) is 0 Å². The van der Waals surface area contributed by atoms with Crippen LogP contribution in [0.2, 0.25) is 0 Å². The topological polar surface area (TPSA) is 74.2 Å². The molecule has 0 amide bonds. The Balaban J connectivity index is 0.00000192. The molecule has 0 spiro atoms. The normalized spacial score (nSPS) is 16.5. The molecule has 0 unspecified atom stereocenters. The van der Waals surface area contributed by atoms with Crippen molar-refractivity contribution in [3.05, 3.63) is 35.7 Å². The van der Waals surface area contributed by atoms with E-state index in [0.717, 1.165) is 36.8 Å². The van der Waals surface area contributed by atoms with E-state index in [0.29, 0.717) is 18.3 Å². The van der Waals surface area contributed by atoms with E-state index in [4.69, 9.17) is 15.0 Å². The van der Waals surface area contributed by atoms with E-state index in [1.807, 2.05) is 38.1 Å². The minimum Gasteiger partial charge on any atom is -0.374 e. The molecule has 0 atom stereocenters. The highest BCUT2D eigenvalue weighted by atomic mass is 35.5. The zero-order valence-electron chi connectivity index (χ0n) is 13.6. The highest BCUT2D eigenvalue weighted by Gasteiger charge is 2.36. The van der Waals surface area contributed by atoms with Gasteiger partial charge in [0.2, 0.25) is 0 Å². The van der Waals surface area contributed by atoms with E-state index in [2.05, 4.69) is 10.1 Å². The Bertz CT molecular complexity index is 619. The van der Waals surface area contributed by atoms with Crippen LogP contribution in [0.1, 0.15) is 50.9 Å². The molecule has 126 valence electrons. The third-order valence-corrected chi connectivity index (χ3v) is 4.15. The molecule has 1 aliphatic rings. The molecule has 1 heterocycles. The van der Waals surface area contributed by atoms with Crippen LogP contribution in [0.4, 0.5) is 0 Å². The molecule has 1 aromatic carbocycles. The Labute approximate surface area is 143 Å². The maximum Gasteiger partial charge on any atom is 0.257 e. The van der Waals surface area contributed by atoms with Crippen LogP contribution < -0.4 is 5.73 Å². The third-order valence-electron chi connectivity index (χ3n) is 4.15. The third kappa shape index (κ3) is 4.10. The molecule has 0 radical (unpaired) electrons. The maximum absolute atomic E-state index is 6.36. The Morgan fingerprint density at radius 1 is 1.22 bits per heavy atom. The Hall–Kier alpha value is -1.43. The minimum absolute atomic E-state index is 0. The van der Waals surface area contributed by atoms with Gasteiger partial charge in [-0.25, -0.2) is 0 Å². The van der Waals surface area contributed by atoms with Gasteiger partial charge in [0, 0.05) is 5.56 Å². The van der Waals surface area contributed by atoms with Gasteiger partial charge in [-0.15, -0.1) is 12.4 Å². The number of benzene rings is 1. The lowest BCUT2D eigenvalue weighted by atomic mass is 9.99. The molecule has 1 aromatic heterocycles. The van der Waals surface area contributed by atoms with Crippen molar-refractivity contribution in [2.45, 2.75) is 57.8 Å². The average Bonchev–Trinajstić information content (AvgIpc) is 3.15. The van der Waals surface area contributed by atoms with Gasteiger partial charge in [-0.3, -0.25) is 0 Å². The van der Waals surface area contributed by atoms with Crippen LogP contribution in [0.3, 0.4) is 0 Å². The van der Waals surface area contributed by atoms with Gasteiger partial charge < -0.3 is 15.0 Å². The second kappa shape index (κ2) is 7.43. The van der Waals surface area contributed by atoms with E-state index in [1.165, 1.54) is 0 Å². The molecule has 1 fully saturated rings. The van der Waals surface area contributed by atoms with Gasteiger partial charge in [0.25, 0.3) is 5.89 Å². The predicted octanol–water partition coefficient (Wildman–Crippen LogP) is 3.81. The van der Waals surface area contributed by atoms with E-state index >= 15 is 0 Å². The molecule has 2 N–H and O–H groups in total. The van der Waals surface area contributed by atoms with Crippen LogP contribution in [0.5, 0.6) is 0 Å². The fourth-order valence-corrected chi connectivity index (χ4v) is 2.78. The van der Waals surface area contributed by atoms with Crippen molar-refractivity contribution in [3.63, 3.8) is 0 Å². The SMILES string of the molecule is CC(C)OCc1ccc(-c2nc(C3(N)CCCC3)no2)cc1.Cl. The highest BCUT2D eigenvalue weighted by molar-refractivity contribution is 5.85. The molecule has 5 nitrogen and oxygen atoms in total. The largest absolute Gasteiger partial charge is 0.374 e. The molecule has 6 heteroatoms. The lowest BCUT2D eigenvalue weighted by Crippen LogP contribution is -2.34. The molecular weight excluding hydrogens is 314 g/mol. The van der Waals surface area contributed by atoms with Gasteiger partial charge in [-0.1, -0.05) is 30.1 Å². The van der Waals surface area contributed by atoms with Crippen LogP contribution in [-0.2, 0) is 16.9 Å². The standard InChI is InChI=1S/C17H23N3O2.ClH/c1-12(2)21-11-13-5-7-14(8-6-13)15-19-16(20-22-15)17(18)9-3-4-10-17;/h5-8,12H,3-4,9-11,18H2,1-2H3;1H. The molecular formula is C17H24ClN3O2. The summed E-state index contributed by atoms with van der Waals surface area (Å²) < 4.78 is 11.0. The molecule has 1 saturated carbocycles. The molecule has 3 rings (SSSR count). The smallest absolute Gasteiger partial charge is 0.257 e. The van der Waals surface area contributed by atoms with Gasteiger partial charge >= 0.3 is 0 Å². The Morgan fingerprint density at radius 3 is 2.48 bits per heavy atom. The summed E-state index contributed by atoms with van der Waals surface area (Å²) in [6, 6.07) is 8.01. The number of nitrogens with two attached hydrogens (primary N) is 1. The zero-order valence-corrected chi connectivity index (χ0v) is 14.4. The molecule has 0 bridgehead atoms. The summed E-state index contributed by atoms with van der Waals surface area (Å²) in [5.74, 6) is 1.16. The second-order valence-corrected chi connectivity index (χ2v) is 6.34. The summed E-state index contributed by atoms with van der Waals surface area (Å²) in [5.41, 5.74) is 7.99. The summed E-state index contributed by atoms with van der Waals surface area (Å²) in [4.78, 5) is 4.50. The number of nitrogens with zero attached hydrogens (tertiary/aromatic N) is 2. The quantitative estimate of drug-likeness (QED) is 0.897. The lowest BCUT2D eigenvalue weighted by Gasteiger charge is -2.17. The fourth-order valence-electron chi connectivity index (χ4n) is 2.78. The number of aromatic nitrogens is 2. The summed E-state index contributed by atoms with van der Waals surface area (Å²) >= 11 is 0. The van der Waals surface area contributed by atoms with Gasteiger partial charge in [0.15, 0.2) is 5.82 Å². The Kier molecular flexibility index (Phi) is 5.79. The highest BCUT2D eigenvalue weighted by Crippen LogP contribution is 2.35.